The van der Waals surface area contributed by atoms with Crippen molar-refractivity contribution < 1.29 is 13.9 Å². The monoisotopic (exact) mass is 363 g/mol. The topological polar surface area (TPSA) is 38.3 Å². The number of amides is 1. The second-order valence-corrected chi connectivity index (χ2v) is 6.79. The molecule has 0 bridgehead atoms. The third kappa shape index (κ3) is 4.73. The Morgan fingerprint density at radius 3 is 1.81 bits per heavy atom. The molecule has 138 valence electrons. The van der Waals surface area contributed by atoms with Crippen molar-refractivity contribution in [3.63, 3.8) is 0 Å². The zero-order valence-electron chi connectivity index (χ0n) is 15.4. The summed E-state index contributed by atoms with van der Waals surface area (Å²) >= 11 is 0. The summed E-state index contributed by atoms with van der Waals surface area (Å²) in [6.45, 7) is 3.39. The lowest BCUT2D eigenvalue weighted by Crippen LogP contribution is -2.47. The molecule has 0 aliphatic rings. The first kappa shape index (κ1) is 18.6. The smallest absolute Gasteiger partial charge is 0.264 e. The molecule has 0 saturated carbocycles. The molecule has 1 N–H and O–H groups in total. The Morgan fingerprint density at radius 2 is 1.33 bits per heavy atom. The van der Waals surface area contributed by atoms with Gasteiger partial charge in [0, 0.05) is 0 Å². The maximum absolute atomic E-state index is 13.1. The predicted molar refractivity (Wildman–Crippen MR) is 104 cm³/mol. The lowest BCUT2D eigenvalue weighted by atomic mass is 9.97. The number of halogens is 1. The first-order chi connectivity index (χ1) is 13.0. The quantitative estimate of drug-likeness (QED) is 0.677. The van der Waals surface area contributed by atoms with E-state index in [1.54, 1.807) is 13.8 Å². The van der Waals surface area contributed by atoms with Crippen molar-refractivity contribution in [2.24, 2.45) is 0 Å². The number of ether oxygens (including phenoxy) is 1. The van der Waals surface area contributed by atoms with E-state index in [0.717, 1.165) is 11.1 Å². The van der Waals surface area contributed by atoms with E-state index in [4.69, 9.17) is 4.74 Å². The Kier molecular flexibility index (Phi) is 5.55. The van der Waals surface area contributed by atoms with Crippen LogP contribution in [0.2, 0.25) is 0 Å². The average molecular weight is 363 g/mol. The van der Waals surface area contributed by atoms with E-state index < -0.39 is 5.60 Å². The van der Waals surface area contributed by atoms with Crippen LogP contribution in [-0.4, -0.2) is 11.5 Å². The standard InChI is InChI=1S/C23H22FNO2/c1-23(2,27-20-15-13-19(24)14-16-20)22(26)25-21(17-9-5-3-6-10-17)18-11-7-4-8-12-18/h3-16,21H,1-2H3,(H,25,26). The summed E-state index contributed by atoms with van der Waals surface area (Å²) in [5.74, 6) is -0.171. The Labute approximate surface area is 158 Å². The van der Waals surface area contributed by atoms with Gasteiger partial charge in [-0.3, -0.25) is 4.79 Å². The van der Waals surface area contributed by atoms with Gasteiger partial charge < -0.3 is 10.1 Å². The third-order valence-corrected chi connectivity index (χ3v) is 4.27. The van der Waals surface area contributed by atoms with E-state index in [1.165, 1.54) is 24.3 Å². The van der Waals surface area contributed by atoms with Crippen molar-refractivity contribution in [1.82, 2.24) is 5.32 Å². The van der Waals surface area contributed by atoms with Gasteiger partial charge in [-0.1, -0.05) is 60.7 Å². The molecular weight excluding hydrogens is 341 g/mol. The highest BCUT2D eigenvalue weighted by molar-refractivity contribution is 5.85. The number of carbonyl (C=O) groups is 1. The summed E-state index contributed by atoms with van der Waals surface area (Å²) in [7, 11) is 0. The number of rotatable bonds is 6. The second kappa shape index (κ2) is 8.04. The number of benzene rings is 3. The lowest BCUT2D eigenvalue weighted by molar-refractivity contribution is -0.134. The van der Waals surface area contributed by atoms with Crippen LogP contribution in [0.3, 0.4) is 0 Å². The maximum Gasteiger partial charge on any atom is 0.264 e. The van der Waals surface area contributed by atoms with Crippen LogP contribution in [0.4, 0.5) is 4.39 Å². The van der Waals surface area contributed by atoms with Crippen LogP contribution in [0.25, 0.3) is 0 Å². The van der Waals surface area contributed by atoms with Crippen LogP contribution in [-0.2, 0) is 4.79 Å². The molecule has 0 radical (unpaired) electrons. The number of hydrogen-bond donors (Lipinski definition) is 1. The molecule has 4 heteroatoms. The zero-order chi connectivity index (χ0) is 19.3. The molecular formula is C23H22FNO2. The van der Waals surface area contributed by atoms with E-state index in [9.17, 15) is 9.18 Å². The fraction of sp³-hybridized carbons (Fsp3) is 0.174. The van der Waals surface area contributed by atoms with E-state index in [-0.39, 0.29) is 17.8 Å². The lowest BCUT2D eigenvalue weighted by Gasteiger charge is -2.29. The zero-order valence-corrected chi connectivity index (χ0v) is 15.4. The summed E-state index contributed by atoms with van der Waals surface area (Å²) in [6, 6.07) is 24.9. The van der Waals surface area contributed by atoms with Gasteiger partial charge in [0.1, 0.15) is 11.6 Å². The SMILES string of the molecule is CC(C)(Oc1ccc(F)cc1)C(=O)NC(c1ccccc1)c1ccccc1. The van der Waals surface area contributed by atoms with Crippen molar-refractivity contribution in [1.29, 1.82) is 0 Å². The molecule has 0 fully saturated rings. The van der Waals surface area contributed by atoms with Gasteiger partial charge in [0.2, 0.25) is 0 Å². The van der Waals surface area contributed by atoms with Crippen LogP contribution in [0, 0.1) is 5.82 Å². The molecule has 0 spiro atoms. The van der Waals surface area contributed by atoms with Crippen LogP contribution in [0.1, 0.15) is 31.0 Å². The summed E-state index contributed by atoms with van der Waals surface area (Å²) < 4.78 is 18.9. The summed E-state index contributed by atoms with van der Waals surface area (Å²) in [5.41, 5.74) is 0.837. The van der Waals surface area contributed by atoms with Crippen LogP contribution >= 0.6 is 0 Å². The molecule has 0 heterocycles. The highest BCUT2D eigenvalue weighted by Gasteiger charge is 2.32. The van der Waals surface area contributed by atoms with Gasteiger partial charge >= 0.3 is 0 Å². The van der Waals surface area contributed by atoms with Crippen LogP contribution < -0.4 is 10.1 Å². The first-order valence-electron chi connectivity index (χ1n) is 8.81. The summed E-state index contributed by atoms with van der Waals surface area (Å²) in [4.78, 5) is 13.0. The van der Waals surface area contributed by atoms with E-state index in [0.29, 0.717) is 5.75 Å². The number of carbonyl (C=O) groups excluding carboxylic acids is 1. The normalized spacial score (nSPS) is 11.3. The molecule has 3 rings (SSSR count). The van der Waals surface area contributed by atoms with Crippen molar-refractivity contribution >= 4 is 5.91 Å². The minimum absolute atomic E-state index is 0.260. The second-order valence-electron chi connectivity index (χ2n) is 6.79. The van der Waals surface area contributed by atoms with Gasteiger partial charge in [-0.15, -0.1) is 0 Å². The molecule has 3 aromatic carbocycles. The minimum Gasteiger partial charge on any atom is -0.478 e. The van der Waals surface area contributed by atoms with Gasteiger partial charge in [-0.05, 0) is 49.2 Å². The molecule has 0 saturated heterocycles. The largest absolute Gasteiger partial charge is 0.478 e. The molecule has 1 amide bonds. The molecule has 0 aliphatic heterocycles. The molecule has 3 aromatic rings. The van der Waals surface area contributed by atoms with Crippen molar-refractivity contribution in [3.05, 3.63) is 102 Å². The highest BCUT2D eigenvalue weighted by Crippen LogP contribution is 2.24. The van der Waals surface area contributed by atoms with Crippen molar-refractivity contribution in [3.8, 4) is 5.75 Å². The third-order valence-electron chi connectivity index (χ3n) is 4.27. The van der Waals surface area contributed by atoms with Gasteiger partial charge in [0.15, 0.2) is 5.60 Å². The maximum atomic E-state index is 13.1. The van der Waals surface area contributed by atoms with E-state index >= 15 is 0 Å². The minimum atomic E-state index is -1.13. The van der Waals surface area contributed by atoms with E-state index in [1.807, 2.05) is 60.7 Å². The van der Waals surface area contributed by atoms with Crippen molar-refractivity contribution in [2.75, 3.05) is 0 Å². The Bertz CT molecular complexity index is 838. The molecule has 0 atom stereocenters. The van der Waals surface area contributed by atoms with Crippen molar-refractivity contribution in [2.45, 2.75) is 25.5 Å². The highest BCUT2D eigenvalue weighted by atomic mass is 19.1. The Morgan fingerprint density at radius 1 is 0.852 bits per heavy atom. The van der Waals surface area contributed by atoms with Gasteiger partial charge in [0.25, 0.3) is 5.91 Å². The van der Waals surface area contributed by atoms with Gasteiger partial charge in [0.05, 0.1) is 6.04 Å². The van der Waals surface area contributed by atoms with Crippen LogP contribution in [0.15, 0.2) is 84.9 Å². The van der Waals surface area contributed by atoms with Gasteiger partial charge in [-0.25, -0.2) is 4.39 Å². The Hall–Kier alpha value is -3.14. The Balaban J connectivity index is 1.82. The average Bonchev–Trinajstić information content (AvgIpc) is 2.69. The number of nitrogens with one attached hydrogen (secondary N) is 1. The molecule has 3 nitrogen and oxygen atoms in total. The first-order valence-corrected chi connectivity index (χ1v) is 8.81. The van der Waals surface area contributed by atoms with Gasteiger partial charge in [-0.2, -0.15) is 0 Å². The molecule has 0 aromatic heterocycles. The molecule has 0 unspecified atom stereocenters. The molecule has 0 aliphatic carbocycles. The molecule has 27 heavy (non-hydrogen) atoms. The van der Waals surface area contributed by atoms with Crippen LogP contribution in [0.5, 0.6) is 5.75 Å². The van der Waals surface area contributed by atoms with E-state index in [2.05, 4.69) is 5.32 Å². The predicted octanol–water partition coefficient (Wildman–Crippen LogP) is 4.89. The fourth-order valence-corrected chi connectivity index (χ4v) is 2.80. The summed E-state index contributed by atoms with van der Waals surface area (Å²) in [5, 5.41) is 3.08. The fourth-order valence-electron chi connectivity index (χ4n) is 2.80. The number of hydrogen-bond acceptors (Lipinski definition) is 2. The summed E-state index contributed by atoms with van der Waals surface area (Å²) in [6.07, 6.45) is 0.